The number of nitrogens with one attached hydrogen (secondary N) is 1. The summed E-state index contributed by atoms with van der Waals surface area (Å²) >= 11 is 0. The van der Waals surface area contributed by atoms with Crippen molar-refractivity contribution in [3.63, 3.8) is 0 Å². The third-order valence-electron chi connectivity index (χ3n) is 4.45. The summed E-state index contributed by atoms with van der Waals surface area (Å²) in [5.41, 5.74) is 0.150. The molecule has 2 aromatic rings. The van der Waals surface area contributed by atoms with E-state index < -0.39 is 17.7 Å². The van der Waals surface area contributed by atoms with Crippen LogP contribution in [0.15, 0.2) is 30.3 Å². The molecule has 2 heterocycles. The van der Waals surface area contributed by atoms with Crippen LogP contribution in [-0.2, 0) is 11.0 Å². The maximum atomic E-state index is 12.9. The lowest BCUT2D eigenvalue weighted by molar-refractivity contribution is -0.142. The first-order valence-electron chi connectivity index (χ1n) is 8.50. The summed E-state index contributed by atoms with van der Waals surface area (Å²) in [7, 11) is 0. The predicted octanol–water partition coefficient (Wildman–Crippen LogP) is 3.85. The van der Waals surface area contributed by atoms with Gasteiger partial charge in [-0.3, -0.25) is 4.79 Å². The number of aliphatic carboxylic acids is 1. The smallest absolute Gasteiger partial charge is 0.416 e. The number of carbonyl (C=O) groups is 1. The highest BCUT2D eigenvalue weighted by atomic mass is 19.4. The van der Waals surface area contributed by atoms with Crippen LogP contribution < -0.4 is 10.2 Å². The number of aromatic nitrogens is 2. The van der Waals surface area contributed by atoms with Crippen LogP contribution in [0.2, 0.25) is 0 Å². The van der Waals surface area contributed by atoms with Crippen molar-refractivity contribution in [1.82, 2.24) is 9.97 Å². The molecule has 1 aliphatic heterocycles. The molecule has 27 heavy (non-hydrogen) atoms. The van der Waals surface area contributed by atoms with E-state index in [1.807, 2.05) is 4.90 Å². The Hall–Kier alpha value is -2.84. The average molecular weight is 380 g/mol. The van der Waals surface area contributed by atoms with Gasteiger partial charge < -0.3 is 15.3 Å². The molecule has 1 aliphatic rings. The Morgan fingerprint density at radius 3 is 2.56 bits per heavy atom. The maximum Gasteiger partial charge on any atom is 0.416 e. The standard InChI is InChI=1S/C18H19F3N4O2/c1-11-9-15(25-7-5-12(6-8-25)16(26)27)24-17(22-11)23-14-4-2-3-13(10-14)18(19,20)21/h2-4,9-10,12H,5-8H2,1H3,(H,26,27)(H,22,23,24). The molecule has 1 aromatic heterocycles. The van der Waals surface area contributed by atoms with Crippen LogP contribution in [0, 0.1) is 12.8 Å². The highest BCUT2D eigenvalue weighted by Gasteiger charge is 2.30. The van der Waals surface area contributed by atoms with Gasteiger partial charge in [0.1, 0.15) is 5.82 Å². The van der Waals surface area contributed by atoms with E-state index in [1.54, 1.807) is 13.0 Å². The van der Waals surface area contributed by atoms with Crippen LogP contribution in [0.3, 0.4) is 0 Å². The van der Waals surface area contributed by atoms with Crippen molar-refractivity contribution < 1.29 is 23.1 Å². The van der Waals surface area contributed by atoms with E-state index >= 15 is 0 Å². The summed E-state index contributed by atoms with van der Waals surface area (Å²) < 4.78 is 38.6. The number of halogens is 3. The number of rotatable bonds is 4. The molecule has 0 amide bonds. The van der Waals surface area contributed by atoms with E-state index in [2.05, 4.69) is 15.3 Å². The van der Waals surface area contributed by atoms with Gasteiger partial charge in [0, 0.05) is 30.5 Å². The van der Waals surface area contributed by atoms with Crippen molar-refractivity contribution in [1.29, 1.82) is 0 Å². The van der Waals surface area contributed by atoms with Crippen molar-refractivity contribution in [2.24, 2.45) is 5.92 Å². The van der Waals surface area contributed by atoms with Crippen LogP contribution in [0.25, 0.3) is 0 Å². The van der Waals surface area contributed by atoms with Crippen LogP contribution >= 0.6 is 0 Å². The van der Waals surface area contributed by atoms with Crippen molar-refractivity contribution in [3.8, 4) is 0 Å². The largest absolute Gasteiger partial charge is 0.481 e. The molecule has 9 heteroatoms. The van der Waals surface area contributed by atoms with Gasteiger partial charge in [0.2, 0.25) is 5.95 Å². The normalized spacial score (nSPS) is 15.6. The molecule has 1 saturated heterocycles. The van der Waals surface area contributed by atoms with E-state index in [0.717, 1.165) is 12.1 Å². The Morgan fingerprint density at radius 1 is 1.22 bits per heavy atom. The second-order valence-corrected chi connectivity index (χ2v) is 6.49. The highest BCUT2D eigenvalue weighted by molar-refractivity contribution is 5.70. The minimum Gasteiger partial charge on any atom is -0.481 e. The summed E-state index contributed by atoms with van der Waals surface area (Å²) in [4.78, 5) is 21.7. The Balaban J connectivity index is 1.77. The molecule has 0 unspecified atom stereocenters. The Morgan fingerprint density at radius 2 is 1.93 bits per heavy atom. The zero-order valence-electron chi connectivity index (χ0n) is 14.6. The molecule has 0 radical (unpaired) electrons. The Kier molecular flexibility index (Phi) is 5.20. The van der Waals surface area contributed by atoms with Gasteiger partial charge in [0.05, 0.1) is 11.5 Å². The fourth-order valence-electron chi connectivity index (χ4n) is 3.03. The molecular weight excluding hydrogens is 361 g/mol. The molecule has 1 fully saturated rings. The second kappa shape index (κ2) is 7.42. The van der Waals surface area contributed by atoms with E-state index in [1.165, 1.54) is 12.1 Å². The number of anilines is 3. The topological polar surface area (TPSA) is 78.4 Å². The maximum absolute atomic E-state index is 12.9. The number of alkyl halides is 3. The van der Waals surface area contributed by atoms with Gasteiger partial charge in [0.15, 0.2) is 0 Å². The molecule has 1 aromatic carbocycles. The third-order valence-corrected chi connectivity index (χ3v) is 4.45. The fourth-order valence-corrected chi connectivity index (χ4v) is 3.03. The lowest BCUT2D eigenvalue weighted by atomic mass is 9.97. The third kappa shape index (κ3) is 4.66. The van der Waals surface area contributed by atoms with Crippen molar-refractivity contribution >= 4 is 23.4 Å². The number of hydrogen-bond acceptors (Lipinski definition) is 5. The first-order chi connectivity index (χ1) is 12.7. The zero-order valence-corrected chi connectivity index (χ0v) is 14.6. The van der Waals surface area contributed by atoms with Gasteiger partial charge in [-0.05, 0) is 38.0 Å². The van der Waals surface area contributed by atoms with Gasteiger partial charge in [-0.2, -0.15) is 18.2 Å². The van der Waals surface area contributed by atoms with Crippen LogP contribution in [0.4, 0.5) is 30.6 Å². The first kappa shape index (κ1) is 18.9. The monoisotopic (exact) mass is 380 g/mol. The highest BCUT2D eigenvalue weighted by Crippen LogP contribution is 2.31. The number of piperidine rings is 1. The molecule has 0 bridgehead atoms. The fraction of sp³-hybridized carbons (Fsp3) is 0.389. The summed E-state index contributed by atoms with van der Waals surface area (Å²) in [6, 6.07) is 6.61. The van der Waals surface area contributed by atoms with Crippen LogP contribution in [0.5, 0.6) is 0 Å². The number of carboxylic acids is 1. The molecule has 0 aliphatic carbocycles. The summed E-state index contributed by atoms with van der Waals surface area (Å²) in [5.74, 6) is -0.321. The summed E-state index contributed by atoms with van der Waals surface area (Å²) in [6.07, 6.45) is -3.38. The number of aryl methyl sites for hydroxylation is 1. The lowest BCUT2D eigenvalue weighted by Gasteiger charge is -2.31. The van der Waals surface area contributed by atoms with Crippen LogP contribution in [0.1, 0.15) is 24.1 Å². The first-order valence-corrected chi connectivity index (χ1v) is 8.50. The molecule has 144 valence electrons. The van der Waals surface area contributed by atoms with E-state index in [9.17, 15) is 18.0 Å². The van der Waals surface area contributed by atoms with Gasteiger partial charge in [-0.1, -0.05) is 6.07 Å². The predicted molar refractivity (Wildman–Crippen MR) is 94.1 cm³/mol. The van der Waals surface area contributed by atoms with Gasteiger partial charge in [0.25, 0.3) is 0 Å². The van der Waals surface area contributed by atoms with E-state index in [0.29, 0.717) is 37.4 Å². The minimum absolute atomic E-state index is 0.199. The SMILES string of the molecule is Cc1cc(N2CCC(C(=O)O)CC2)nc(Nc2cccc(C(F)(F)F)c2)n1. The lowest BCUT2D eigenvalue weighted by Crippen LogP contribution is -2.36. The minimum atomic E-state index is -4.43. The molecule has 0 spiro atoms. The molecule has 3 rings (SSSR count). The molecule has 0 saturated carbocycles. The Labute approximate surface area is 154 Å². The van der Waals surface area contributed by atoms with Crippen molar-refractivity contribution in [2.75, 3.05) is 23.3 Å². The van der Waals surface area contributed by atoms with Gasteiger partial charge >= 0.3 is 12.1 Å². The number of benzene rings is 1. The van der Waals surface area contributed by atoms with Crippen molar-refractivity contribution in [3.05, 3.63) is 41.6 Å². The molecule has 6 nitrogen and oxygen atoms in total. The summed E-state index contributed by atoms with van der Waals surface area (Å²) in [6.45, 7) is 2.87. The number of nitrogens with zero attached hydrogens (tertiary/aromatic N) is 3. The van der Waals surface area contributed by atoms with Crippen molar-refractivity contribution in [2.45, 2.75) is 25.9 Å². The average Bonchev–Trinajstić information content (AvgIpc) is 2.61. The summed E-state index contributed by atoms with van der Waals surface area (Å²) in [5, 5.41) is 11.9. The van der Waals surface area contributed by atoms with E-state index in [4.69, 9.17) is 5.11 Å². The van der Waals surface area contributed by atoms with Gasteiger partial charge in [-0.25, -0.2) is 4.98 Å². The number of carboxylic acid groups (broad SMARTS) is 1. The zero-order chi connectivity index (χ0) is 19.6. The van der Waals surface area contributed by atoms with E-state index in [-0.39, 0.29) is 17.6 Å². The second-order valence-electron chi connectivity index (χ2n) is 6.49. The van der Waals surface area contributed by atoms with Gasteiger partial charge in [-0.15, -0.1) is 0 Å². The quantitative estimate of drug-likeness (QED) is 0.839. The van der Waals surface area contributed by atoms with Crippen LogP contribution in [-0.4, -0.2) is 34.1 Å². The Bertz CT molecular complexity index is 834. The molecule has 2 N–H and O–H groups in total. The molecule has 0 atom stereocenters. The molecular formula is C18H19F3N4O2. The number of hydrogen-bond donors (Lipinski definition) is 2.